The zero-order chi connectivity index (χ0) is 17.0. The predicted molar refractivity (Wildman–Crippen MR) is 92.7 cm³/mol. The second-order valence-electron chi connectivity index (χ2n) is 6.22. The molecule has 0 radical (unpaired) electrons. The van der Waals surface area contributed by atoms with Crippen LogP contribution in [0.3, 0.4) is 0 Å². The lowest BCUT2D eigenvalue weighted by Crippen LogP contribution is -2.20. The largest absolute Gasteiger partial charge is 0.486 e. The van der Waals surface area contributed by atoms with E-state index >= 15 is 0 Å². The summed E-state index contributed by atoms with van der Waals surface area (Å²) in [6, 6.07) is 5.87. The summed E-state index contributed by atoms with van der Waals surface area (Å²) in [5.41, 5.74) is 2.63. The van der Waals surface area contributed by atoms with Crippen LogP contribution < -0.4 is 15.0 Å². The predicted octanol–water partition coefficient (Wildman–Crippen LogP) is 1.85. The summed E-state index contributed by atoms with van der Waals surface area (Å²) in [7, 11) is 1.80. The zero-order valence-corrected chi connectivity index (χ0v) is 13.7. The van der Waals surface area contributed by atoms with E-state index in [4.69, 9.17) is 9.47 Å². The smallest absolute Gasteiger partial charge is 0.264 e. The molecule has 0 aliphatic carbocycles. The highest BCUT2D eigenvalue weighted by molar-refractivity contribution is 5.83. The van der Waals surface area contributed by atoms with Crippen molar-refractivity contribution < 1.29 is 9.47 Å². The molecule has 7 heteroatoms. The molecule has 0 atom stereocenters. The number of aromatic nitrogens is 4. The average molecular weight is 336 g/mol. The molecule has 0 bridgehead atoms. The number of hydrogen-bond donors (Lipinski definition) is 0. The number of aryl methyl sites for hydroxylation is 1. The van der Waals surface area contributed by atoms with Crippen molar-refractivity contribution in [2.45, 2.75) is 13.0 Å². The van der Waals surface area contributed by atoms with Gasteiger partial charge in [0, 0.05) is 13.6 Å². The molecule has 4 heterocycles. The first-order valence-electron chi connectivity index (χ1n) is 8.24. The zero-order valence-electron chi connectivity index (χ0n) is 13.7. The maximum atomic E-state index is 12.6. The lowest BCUT2D eigenvalue weighted by atomic mass is 10.1. The lowest BCUT2D eigenvalue weighted by Gasteiger charge is -2.18. The molecule has 0 N–H and O–H groups in total. The van der Waals surface area contributed by atoms with Crippen molar-refractivity contribution in [3.63, 3.8) is 0 Å². The van der Waals surface area contributed by atoms with Crippen LogP contribution in [0.15, 0.2) is 29.2 Å². The molecule has 0 spiro atoms. The Hall–Kier alpha value is -3.09. The molecule has 126 valence electrons. The van der Waals surface area contributed by atoms with Crippen molar-refractivity contribution in [2.75, 3.05) is 13.2 Å². The van der Waals surface area contributed by atoms with Gasteiger partial charge in [0.2, 0.25) is 0 Å². The third kappa shape index (κ3) is 2.15. The molecule has 2 aromatic heterocycles. The van der Waals surface area contributed by atoms with Gasteiger partial charge in [0.25, 0.3) is 5.56 Å². The molecule has 0 saturated heterocycles. The molecule has 2 aliphatic rings. The van der Waals surface area contributed by atoms with Crippen LogP contribution >= 0.6 is 0 Å². The molecule has 0 unspecified atom stereocenters. The van der Waals surface area contributed by atoms with Crippen LogP contribution in [0.25, 0.3) is 22.7 Å². The minimum Gasteiger partial charge on any atom is -0.486 e. The Morgan fingerprint density at radius 2 is 2.04 bits per heavy atom. The molecule has 5 rings (SSSR count). The van der Waals surface area contributed by atoms with Gasteiger partial charge in [-0.15, -0.1) is 0 Å². The summed E-state index contributed by atoms with van der Waals surface area (Å²) in [5, 5.41) is 4.71. The SMILES string of the molecule is Cn1ncc2c(=O)n3c(nc21)/C(=C/c1ccc2c(c1)OCCO2)CC3. The Morgan fingerprint density at radius 1 is 1.20 bits per heavy atom. The number of benzene rings is 1. The first kappa shape index (κ1) is 14.3. The Morgan fingerprint density at radius 3 is 2.92 bits per heavy atom. The summed E-state index contributed by atoms with van der Waals surface area (Å²) in [5.74, 6) is 2.24. The Kier molecular flexibility index (Phi) is 2.97. The topological polar surface area (TPSA) is 71.2 Å². The molecule has 7 nitrogen and oxygen atoms in total. The lowest BCUT2D eigenvalue weighted by molar-refractivity contribution is 0.171. The monoisotopic (exact) mass is 336 g/mol. The van der Waals surface area contributed by atoms with Gasteiger partial charge in [-0.05, 0) is 35.8 Å². The molecule has 25 heavy (non-hydrogen) atoms. The van der Waals surface area contributed by atoms with E-state index in [0.717, 1.165) is 34.9 Å². The first-order valence-corrected chi connectivity index (χ1v) is 8.24. The van der Waals surface area contributed by atoms with Gasteiger partial charge in [0.1, 0.15) is 24.4 Å². The van der Waals surface area contributed by atoms with Gasteiger partial charge in [-0.25, -0.2) is 4.98 Å². The third-order valence-electron chi connectivity index (χ3n) is 4.65. The highest BCUT2D eigenvalue weighted by Gasteiger charge is 2.22. The molecule has 2 aliphatic heterocycles. The highest BCUT2D eigenvalue weighted by Crippen LogP contribution is 2.33. The van der Waals surface area contributed by atoms with Gasteiger partial charge < -0.3 is 9.47 Å². The van der Waals surface area contributed by atoms with E-state index in [2.05, 4.69) is 16.2 Å². The third-order valence-corrected chi connectivity index (χ3v) is 4.65. The average Bonchev–Trinajstić information content (AvgIpc) is 3.20. The van der Waals surface area contributed by atoms with Crippen LogP contribution in [0.4, 0.5) is 0 Å². The van der Waals surface area contributed by atoms with Gasteiger partial charge in [-0.2, -0.15) is 5.10 Å². The van der Waals surface area contributed by atoms with Crippen molar-refractivity contribution >= 4 is 22.7 Å². The molecule has 0 saturated carbocycles. The Bertz CT molecular complexity index is 1090. The molecular formula is C18H16N4O3. The maximum absolute atomic E-state index is 12.6. The summed E-state index contributed by atoms with van der Waals surface area (Å²) in [6.07, 6.45) is 4.42. The van der Waals surface area contributed by atoms with E-state index in [1.54, 1.807) is 22.5 Å². The molecular weight excluding hydrogens is 320 g/mol. The van der Waals surface area contributed by atoms with Crippen molar-refractivity contribution in [3.05, 3.63) is 46.1 Å². The van der Waals surface area contributed by atoms with Crippen molar-refractivity contribution in [2.24, 2.45) is 7.05 Å². The van der Waals surface area contributed by atoms with Crippen molar-refractivity contribution in [1.82, 2.24) is 19.3 Å². The van der Waals surface area contributed by atoms with Crippen LogP contribution in [0.5, 0.6) is 11.5 Å². The molecule has 0 amide bonds. The maximum Gasteiger partial charge on any atom is 0.264 e. The van der Waals surface area contributed by atoms with Crippen molar-refractivity contribution in [3.8, 4) is 11.5 Å². The summed E-state index contributed by atoms with van der Waals surface area (Å²) in [4.78, 5) is 17.3. The molecule has 0 fully saturated rings. The van der Waals surface area contributed by atoms with Crippen LogP contribution in [0, 0.1) is 0 Å². The van der Waals surface area contributed by atoms with Gasteiger partial charge in [0.15, 0.2) is 17.1 Å². The Balaban J connectivity index is 1.62. The number of rotatable bonds is 1. The minimum atomic E-state index is -0.0290. The van der Waals surface area contributed by atoms with Crippen LogP contribution in [-0.2, 0) is 13.6 Å². The standard InChI is InChI=1S/C18H16N4O3/c1-21-17-13(10-19-21)18(23)22-5-4-12(16(22)20-17)8-11-2-3-14-15(9-11)25-7-6-24-14/h2-3,8-10H,4-7H2,1H3/b12-8+. The second kappa shape index (κ2) is 5.20. The van der Waals surface area contributed by atoms with E-state index in [1.165, 1.54) is 0 Å². The van der Waals surface area contributed by atoms with E-state index in [1.807, 2.05) is 18.2 Å². The number of ether oxygens (including phenoxy) is 2. The van der Waals surface area contributed by atoms with Gasteiger partial charge in [-0.1, -0.05) is 6.07 Å². The van der Waals surface area contributed by atoms with E-state index in [-0.39, 0.29) is 5.56 Å². The molecule has 1 aromatic carbocycles. The van der Waals surface area contributed by atoms with E-state index in [9.17, 15) is 4.79 Å². The fraction of sp³-hybridized carbons (Fsp3) is 0.278. The fourth-order valence-electron chi connectivity index (χ4n) is 3.40. The van der Waals surface area contributed by atoms with E-state index in [0.29, 0.717) is 30.8 Å². The normalized spacial score (nSPS) is 17.2. The Labute approximate surface area is 143 Å². The second-order valence-corrected chi connectivity index (χ2v) is 6.22. The summed E-state index contributed by atoms with van der Waals surface area (Å²) >= 11 is 0. The minimum absolute atomic E-state index is 0.0290. The van der Waals surface area contributed by atoms with Gasteiger partial charge in [0.05, 0.1) is 6.20 Å². The highest BCUT2D eigenvalue weighted by atomic mass is 16.6. The first-order chi connectivity index (χ1) is 12.2. The van der Waals surface area contributed by atoms with Crippen LogP contribution in [0.1, 0.15) is 17.8 Å². The van der Waals surface area contributed by atoms with Gasteiger partial charge >= 0.3 is 0 Å². The van der Waals surface area contributed by atoms with Crippen molar-refractivity contribution in [1.29, 1.82) is 0 Å². The number of hydrogen-bond acceptors (Lipinski definition) is 5. The van der Waals surface area contributed by atoms with Crippen LogP contribution in [-0.4, -0.2) is 32.5 Å². The quantitative estimate of drug-likeness (QED) is 0.678. The number of allylic oxidation sites excluding steroid dienone is 1. The number of nitrogens with zero attached hydrogens (tertiary/aromatic N) is 4. The van der Waals surface area contributed by atoms with E-state index < -0.39 is 0 Å². The molecule has 3 aromatic rings. The fourth-order valence-corrected chi connectivity index (χ4v) is 3.40. The van der Waals surface area contributed by atoms with Crippen LogP contribution in [0.2, 0.25) is 0 Å². The summed E-state index contributed by atoms with van der Waals surface area (Å²) < 4.78 is 14.6. The van der Waals surface area contributed by atoms with Gasteiger partial charge in [-0.3, -0.25) is 14.0 Å². The summed E-state index contributed by atoms with van der Waals surface area (Å²) in [6.45, 7) is 1.78. The number of fused-ring (bicyclic) bond motifs is 3.